The molecule has 7 nitrogen and oxygen atoms in total. The van der Waals surface area contributed by atoms with Gasteiger partial charge in [0, 0.05) is 33.1 Å². The second-order valence-corrected chi connectivity index (χ2v) is 5.61. The van der Waals surface area contributed by atoms with E-state index in [2.05, 4.69) is 22.1 Å². The van der Waals surface area contributed by atoms with Gasteiger partial charge in [-0.1, -0.05) is 17.3 Å². The van der Waals surface area contributed by atoms with Crippen molar-refractivity contribution >= 4 is 5.91 Å². The van der Waals surface area contributed by atoms with E-state index in [1.807, 2.05) is 17.0 Å². The first-order valence-corrected chi connectivity index (χ1v) is 7.62. The van der Waals surface area contributed by atoms with Gasteiger partial charge in [0.2, 0.25) is 11.7 Å². The van der Waals surface area contributed by atoms with E-state index in [0.29, 0.717) is 23.0 Å². The minimum absolute atomic E-state index is 0.00186. The van der Waals surface area contributed by atoms with Crippen LogP contribution in [0.4, 0.5) is 0 Å². The van der Waals surface area contributed by atoms with E-state index in [4.69, 9.17) is 9.26 Å². The van der Waals surface area contributed by atoms with Gasteiger partial charge >= 0.3 is 0 Å². The Labute approximate surface area is 134 Å². The Hall–Kier alpha value is -2.41. The van der Waals surface area contributed by atoms with Gasteiger partial charge in [-0.25, -0.2) is 0 Å². The number of nitrogens with zero attached hydrogens (tertiary/aromatic N) is 4. The van der Waals surface area contributed by atoms with Crippen molar-refractivity contribution in [3.8, 4) is 5.75 Å². The number of likely N-dealkylation sites (N-methyl/N-ethyl adjacent to an activating group) is 1. The number of aromatic nitrogens is 2. The molecule has 0 saturated carbocycles. The molecule has 1 aliphatic heterocycles. The molecule has 1 fully saturated rings. The van der Waals surface area contributed by atoms with Crippen molar-refractivity contribution < 1.29 is 14.1 Å². The zero-order valence-corrected chi connectivity index (χ0v) is 13.4. The van der Waals surface area contributed by atoms with E-state index in [-0.39, 0.29) is 12.5 Å². The largest absolute Gasteiger partial charge is 0.485 e. The number of carbonyl (C=O) groups excluding carboxylic acids is 1. The van der Waals surface area contributed by atoms with Crippen LogP contribution in [0.15, 0.2) is 28.8 Å². The number of amides is 1. The highest BCUT2D eigenvalue weighted by molar-refractivity contribution is 5.97. The van der Waals surface area contributed by atoms with Gasteiger partial charge in [-0.15, -0.1) is 0 Å². The molecule has 0 bridgehead atoms. The topological polar surface area (TPSA) is 71.7 Å². The van der Waals surface area contributed by atoms with Crippen LogP contribution in [0, 0.1) is 6.92 Å². The standard InChI is InChI=1S/C16H20N4O3/c1-12-17-15(18-23-12)11-22-14-6-4-3-5-13(14)16(21)20-9-7-19(2)8-10-20/h3-6H,7-11H2,1-2H3. The number of carbonyl (C=O) groups is 1. The molecule has 1 aliphatic rings. The molecule has 23 heavy (non-hydrogen) atoms. The van der Waals surface area contributed by atoms with E-state index >= 15 is 0 Å². The van der Waals surface area contributed by atoms with Gasteiger partial charge in [0.25, 0.3) is 5.91 Å². The Morgan fingerprint density at radius 2 is 2.00 bits per heavy atom. The lowest BCUT2D eigenvalue weighted by molar-refractivity contribution is 0.0659. The van der Waals surface area contributed by atoms with Gasteiger partial charge in [-0.05, 0) is 19.2 Å². The zero-order valence-electron chi connectivity index (χ0n) is 13.4. The van der Waals surface area contributed by atoms with E-state index in [1.165, 1.54) is 0 Å². The summed E-state index contributed by atoms with van der Waals surface area (Å²) in [5.41, 5.74) is 0.567. The second kappa shape index (κ2) is 6.78. The van der Waals surface area contributed by atoms with Crippen LogP contribution >= 0.6 is 0 Å². The smallest absolute Gasteiger partial charge is 0.257 e. The Kier molecular flexibility index (Phi) is 4.57. The number of rotatable bonds is 4. The van der Waals surface area contributed by atoms with Crippen molar-refractivity contribution in [3.05, 3.63) is 41.5 Å². The molecule has 2 aromatic rings. The normalized spacial score (nSPS) is 15.7. The van der Waals surface area contributed by atoms with Crippen molar-refractivity contribution in [2.45, 2.75) is 13.5 Å². The summed E-state index contributed by atoms with van der Waals surface area (Å²) in [4.78, 5) is 20.9. The summed E-state index contributed by atoms with van der Waals surface area (Å²) < 4.78 is 10.6. The van der Waals surface area contributed by atoms with Gasteiger partial charge in [0.1, 0.15) is 5.75 Å². The highest BCUT2D eigenvalue weighted by Crippen LogP contribution is 2.21. The average molecular weight is 316 g/mol. The summed E-state index contributed by atoms with van der Waals surface area (Å²) in [5, 5.41) is 3.79. The third-order valence-electron chi connectivity index (χ3n) is 3.83. The molecule has 0 unspecified atom stereocenters. The van der Waals surface area contributed by atoms with E-state index in [0.717, 1.165) is 26.2 Å². The number of hydrogen-bond acceptors (Lipinski definition) is 6. The Morgan fingerprint density at radius 1 is 1.26 bits per heavy atom. The maximum Gasteiger partial charge on any atom is 0.257 e. The lowest BCUT2D eigenvalue weighted by Gasteiger charge is -2.32. The first kappa shape index (κ1) is 15.5. The fourth-order valence-electron chi connectivity index (χ4n) is 2.49. The quantitative estimate of drug-likeness (QED) is 0.848. The maximum absolute atomic E-state index is 12.7. The van der Waals surface area contributed by atoms with Crippen LogP contribution in [0.1, 0.15) is 22.1 Å². The van der Waals surface area contributed by atoms with Gasteiger partial charge < -0.3 is 19.1 Å². The minimum Gasteiger partial charge on any atom is -0.485 e. The van der Waals surface area contributed by atoms with E-state index in [1.54, 1.807) is 19.1 Å². The fourth-order valence-corrected chi connectivity index (χ4v) is 2.49. The highest BCUT2D eigenvalue weighted by atomic mass is 16.5. The summed E-state index contributed by atoms with van der Waals surface area (Å²) in [6.45, 7) is 5.13. The molecular weight excluding hydrogens is 296 g/mol. The third-order valence-corrected chi connectivity index (χ3v) is 3.83. The summed E-state index contributed by atoms with van der Waals surface area (Å²) >= 11 is 0. The molecule has 0 atom stereocenters. The van der Waals surface area contributed by atoms with E-state index in [9.17, 15) is 4.79 Å². The van der Waals surface area contributed by atoms with Crippen LogP contribution in [-0.2, 0) is 6.61 Å². The van der Waals surface area contributed by atoms with Crippen LogP contribution in [0.25, 0.3) is 0 Å². The third kappa shape index (κ3) is 3.68. The first-order valence-electron chi connectivity index (χ1n) is 7.62. The number of aryl methyl sites for hydroxylation is 1. The molecule has 7 heteroatoms. The fraction of sp³-hybridized carbons (Fsp3) is 0.438. The Balaban J connectivity index is 1.71. The highest BCUT2D eigenvalue weighted by Gasteiger charge is 2.23. The molecule has 1 amide bonds. The minimum atomic E-state index is -0.00186. The summed E-state index contributed by atoms with van der Waals surface area (Å²) in [6.07, 6.45) is 0. The predicted octanol–water partition coefficient (Wildman–Crippen LogP) is 1.34. The van der Waals surface area contributed by atoms with Crippen molar-refractivity contribution in [2.75, 3.05) is 33.2 Å². The van der Waals surface area contributed by atoms with Crippen molar-refractivity contribution in [2.24, 2.45) is 0 Å². The molecule has 2 heterocycles. The lowest BCUT2D eigenvalue weighted by atomic mass is 10.1. The van der Waals surface area contributed by atoms with Gasteiger partial charge in [-0.3, -0.25) is 4.79 Å². The Morgan fingerprint density at radius 3 is 2.70 bits per heavy atom. The first-order chi connectivity index (χ1) is 11.1. The monoisotopic (exact) mass is 316 g/mol. The number of benzene rings is 1. The molecule has 0 aliphatic carbocycles. The maximum atomic E-state index is 12.7. The number of hydrogen-bond donors (Lipinski definition) is 0. The molecule has 1 saturated heterocycles. The average Bonchev–Trinajstić information content (AvgIpc) is 2.99. The zero-order chi connectivity index (χ0) is 16.2. The van der Waals surface area contributed by atoms with Crippen LogP contribution < -0.4 is 4.74 Å². The second-order valence-electron chi connectivity index (χ2n) is 5.61. The summed E-state index contributed by atoms with van der Waals surface area (Å²) in [6, 6.07) is 7.26. The van der Waals surface area contributed by atoms with Gasteiger partial charge in [-0.2, -0.15) is 4.98 Å². The molecular formula is C16H20N4O3. The molecule has 0 radical (unpaired) electrons. The summed E-state index contributed by atoms with van der Waals surface area (Å²) in [5.74, 6) is 1.49. The number of ether oxygens (including phenoxy) is 1. The van der Waals surface area contributed by atoms with Crippen molar-refractivity contribution in [1.29, 1.82) is 0 Å². The molecule has 1 aromatic heterocycles. The molecule has 0 spiro atoms. The summed E-state index contributed by atoms with van der Waals surface area (Å²) in [7, 11) is 2.06. The molecule has 122 valence electrons. The SMILES string of the molecule is Cc1nc(COc2ccccc2C(=O)N2CCN(C)CC2)no1. The van der Waals surface area contributed by atoms with Crippen LogP contribution in [0.5, 0.6) is 5.75 Å². The van der Waals surface area contributed by atoms with Crippen molar-refractivity contribution in [3.63, 3.8) is 0 Å². The lowest BCUT2D eigenvalue weighted by Crippen LogP contribution is -2.47. The van der Waals surface area contributed by atoms with Crippen LogP contribution in [-0.4, -0.2) is 59.1 Å². The number of para-hydroxylation sites is 1. The van der Waals surface area contributed by atoms with Gasteiger partial charge in [0.05, 0.1) is 5.56 Å². The molecule has 1 aromatic carbocycles. The molecule has 0 N–H and O–H groups in total. The van der Waals surface area contributed by atoms with Crippen molar-refractivity contribution in [1.82, 2.24) is 19.9 Å². The van der Waals surface area contributed by atoms with Gasteiger partial charge in [0.15, 0.2) is 6.61 Å². The predicted molar refractivity (Wildman–Crippen MR) is 83.2 cm³/mol. The Bertz CT molecular complexity index is 677. The number of piperazine rings is 1. The van der Waals surface area contributed by atoms with Crippen LogP contribution in [0.3, 0.4) is 0 Å². The van der Waals surface area contributed by atoms with Crippen LogP contribution in [0.2, 0.25) is 0 Å². The van der Waals surface area contributed by atoms with E-state index < -0.39 is 0 Å². The molecule has 3 rings (SSSR count).